The van der Waals surface area contributed by atoms with Gasteiger partial charge in [0.05, 0.1) is 0 Å². The minimum atomic E-state index is -0.630. The van der Waals surface area contributed by atoms with E-state index in [1.165, 1.54) is 12.8 Å². The van der Waals surface area contributed by atoms with E-state index in [1.807, 2.05) is 0 Å². The number of hydrogen-bond acceptors (Lipinski definition) is 2. The van der Waals surface area contributed by atoms with Gasteiger partial charge in [-0.05, 0) is 37.6 Å². The van der Waals surface area contributed by atoms with Gasteiger partial charge in [-0.25, -0.2) is 0 Å². The quantitative estimate of drug-likeness (QED) is 0.730. The molecule has 2 aliphatic rings. The molecular formula is C11H19NO2. The predicted octanol–water partition coefficient (Wildman–Crippen LogP) is 1.58. The Labute approximate surface area is 85.1 Å². The lowest BCUT2D eigenvalue weighted by Crippen LogP contribution is -2.50. The molecule has 2 atom stereocenters. The highest BCUT2D eigenvalue weighted by molar-refractivity contribution is 5.74. The maximum absolute atomic E-state index is 11.1. The molecule has 0 amide bonds. The third kappa shape index (κ3) is 1.54. The second-order valence-electron chi connectivity index (χ2n) is 5.02. The Morgan fingerprint density at radius 3 is 2.50 bits per heavy atom. The Hall–Kier alpha value is -0.570. The molecule has 1 heterocycles. The van der Waals surface area contributed by atoms with Crippen LogP contribution in [0.2, 0.25) is 0 Å². The maximum Gasteiger partial charge on any atom is 0.321 e. The van der Waals surface area contributed by atoms with Crippen LogP contribution in [-0.4, -0.2) is 34.6 Å². The van der Waals surface area contributed by atoms with Crippen LogP contribution in [0.5, 0.6) is 0 Å². The molecular weight excluding hydrogens is 178 g/mol. The highest BCUT2D eigenvalue weighted by Gasteiger charge is 2.43. The van der Waals surface area contributed by atoms with E-state index in [1.54, 1.807) is 0 Å². The molecule has 0 spiro atoms. The van der Waals surface area contributed by atoms with Crippen LogP contribution in [0.4, 0.5) is 0 Å². The van der Waals surface area contributed by atoms with Crippen molar-refractivity contribution in [3.05, 3.63) is 0 Å². The number of aliphatic carboxylic acids is 1. The summed E-state index contributed by atoms with van der Waals surface area (Å²) in [7, 11) is 0. The van der Waals surface area contributed by atoms with E-state index in [4.69, 9.17) is 5.11 Å². The number of carbonyl (C=O) groups is 1. The Kier molecular flexibility index (Phi) is 2.52. The Morgan fingerprint density at radius 2 is 2.00 bits per heavy atom. The van der Waals surface area contributed by atoms with E-state index in [2.05, 4.69) is 18.7 Å². The van der Waals surface area contributed by atoms with Crippen LogP contribution in [0.25, 0.3) is 0 Å². The van der Waals surface area contributed by atoms with Crippen LogP contribution in [0, 0.1) is 11.8 Å². The van der Waals surface area contributed by atoms with Crippen LogP contribution in [0.1, 0.15) is 33.1 Å². The number of likely N-dealkylation sites (tertiary alicyclic amines) is 1. The molecule has 80 valence electrons. The molecule has 1 aliphatic heterocycles. The summed E-state index contributed by atoms with van der Waals surface area (Å²) >= 11 is 0. The smallest absolute Gasteiger partial charge is 0.321 e. The van der Waals surface area contributed by atoms with Gasteiger partial charge in [-0.3, -0.25) is 9.69 Å². The summed E-state index contributed by atoms with van der Waals surface area (Å²) < 4.78 is 0. The summed E-state index contributed by atoms with van der Waals surface area (Å²) in [4.78, 5) is 13.3. The van der Waals surface area contributed by atoms with Crippen molar-refractivity contribution < 1.29 is 9.90 Å². The fourth-order valence-electron chi connectivity index (χ4n) is 2.90. The normalized spacial score (nSPS) is 43.6. The number of nitrogens with zero attached hydrogens (tertiary/aromatic N) is 1. The van der Waals surface area contributed by atoms with Crippen LogP contribution in [0.3, 0.4) is 0 Å². The van der Waals surface area contributed by atoms with Crippen molar-refractivity contribution in [2.24, 2.45) is 11.8 Å². The summed E-state index contributed by atoms with van der Waals surface area (Å²) in [6.45, 7) is 5.28. The number of hydrogen-bond donors (Lipinski definition) is 1. The van der Waals surface area contributed by atoms with Crippen LogP contribution < -0.4 is 0 Å². The SMILES string of the molecule is CC1CC(N2CCC(C)C2C(=O)O)C1. The molecule has 2 rings (SSSR count). The summed E-state index contributed by atoms with van der Waals surface area (Å²) in [5.41, 5.74) is 0. The zero-order chi connectivity index (χ0) is 10.3. The Morgan fingerprint density at radius 1 is 1.36 bits per heavy atom. The van der Waals surface area contributed by atoms with E-state index >= 15 is 0 Å². The van der Waals surface area contributed by atoms with Crippen molar-refractivity contribution in [3.63, 3.8) is 0 Å². The molecule has 1 aliphatic carbocycles. The van der Waals surface area contributed by atoms with E-state index in [-0.39, 0.29) is 6.04 Å². The first-order valence-corrected chi connectivity index (χ1v) is 5.58. The Bertz CT molecular complexity index is 235. The summed E-state index contributed by atoms with van der Waals surface area (Å²) in [6.07, 6.45) is 3.43. The first kappa shape index (κ1) is 9.97. The molecule has 0 bridgehead atoms. The average Bonchev–Trinajstić information content (AvgIpc) is 2.41. The van der Waals surface area contributed by atoms with Gasteiger partial charge in [0.15, 0.2) is 0 Å². The highest BCUT2D eigenvalue weighted by Crippen LogP contribution is 2.37. The summed E-state index contributed by atoms with van der Waals surface area (Å²) in [5.74, 6) is 0.489. The zero-order valence-electron chi connectivity index (χ0n) is 8.94. The third-order valence-corrected chi connectivity index (χ3v) is 3.81. The van der Waals surface area contributed by atoms with Crippen molar-refractivity contribution in [2.45, 2.75) is 45.2 Å². The number of carboxylic acid groups (broad SMARTS) is 1. The van der Waals surface area contributed by atoms with E-state index in [9.17, 15) is 4.79 Å². The van der Waals surface area contributed by atoms with Crippen LogP contribution in [-0.2, 0) is 4.79 Å². The second kappa shape index (κ2) is 3.54. The van der Waals surface area contributed by atoms with Gasteiger partial charge in [0.25, 0.3) is 0 Å². The fraction of sp³-hybridized carbons (Fsp3) is 0.909. The summed E-state index contributed by atoms with van der Waals surface area (Å²) in [6, 6.07) is 0.337. The fourth-order valence-corrected chi connectivity index (χ4v) is 2.90. The van der Waals surface area contributed by atoms with Gasteiger partial charge in [-0.2, -0.15) is 0 Å². The summed E-state index contributed by atoms with van der Waals surface area (Å²) in [5, 5.41) is 9.15. The van der Waals surface area contributed by atoms with E-state index < -0.39 is 5.97 Å². The van der Waals surface area contributed by atoms with Crippen LogP contribution in [0.15, 0.2) is 0 Å². The molecule has 1 N–H and O–H groups in total. The first-order chi connectivity index (χ1) is 6.59. The molecule has 0 aromatic carbocycles. The van der Waals surface area contributed by atoms with Gasteiger partial charge in [0, 0.05) is 6.04 Å². The molecule has 0 radical (unpaired) electrons. The van der Waals surface area contributed by atoms with Gasteiger partial charge >= 0.3 is 5.97 Å². The number of carboxylic acids is 1. The largest absolute Gasteiger partial charge is 0.480 e. The second-order valence-corrected chi connectivity index (χ2v) is 5.02. The van der Waals surface area contributed by atoms with Crippen molar-refractivity contribution >= 4 is 5.97 Å². The van der Waals surface area contributed by atoms with Gasteiger partial charge < -0.3 is 5.11 Å². The van der Waals surface area contributed by atoms with Crippen molar-refractivity contribution in [2.75, 3.05) is 6.54 Å². The molecule has 1 saturated carbocycles. The molecule has 0 aromatic heterocycles. The molecule has 3 heteroatoms. The standard InChI is InChI=1S/C11H19NO2/c1-7-5-9(6-7)12-4-3-8(2)10(12)11(13)14/h7-10H,3-6H2,1-2H3,(H,13,14). The molecule has 2 unspecified atom stereocenters. The lowest BCUT2D eigenvalue weighted by Gasteiger charge is -2.41. The Balaban J connectivity index is 2.01. The van der Waals surface area contributed by atoms with Crippen molar-refractivity contribution in [1.82, 2.24) is 4.90 Å². The van der Waals surface area contributed by atoms with Gasteiger partial charge in [0.2, 0.25) is 0 Å². The highest BCUT2D eigenvalue weighted by atomic mass is 16.4. The van der Waals surface area contributed by atoms with Gasteiger partial charge in [0.1, 0.15) is 6.04 Å². The zero-order valence-corrected chi connectivity index (χ0v) is 8.94. The molecule has 0 aromatic rings. The van der Waals surface area contributed by atoms with E-state index in [0.29, 0.717) is 12.0 Å². The molecule has 14 heavy (non-hydrogen) atoms. The van der Waals surface area contributed by atoms with E-state index in [0.717, 1.165) is 18.9 Å². The van der Waals surface area contributed by atoms with Crippen molar-refractivity contribution in [1.29, 1.82) is 0 Å². The maximum atomic E-state index is 11.1. The topological polar surface area (TPSA) is 40.5 Å². The van der Waals surface area contributed by atoms with Gasteiger partial charge in [-0.15, -0.1) is 0 Å². The monoisotopic (exact) mass is 197 g/mol. The lowest BCUT2D eigenvalue weighted by atomic mass is 9.80. The minimum Gasteiger partial charge on any atom is -0.480 e. The molecule has 1 saturated heterocycles. The average molecular weight is 197 g/mol. The minimum absolute atomic E-state index is 0.215. The molecule has 2 fully saturated rings. The lowest BCUT2D eigenvalue weighted by molar-refractivity contribution is -0.145. The van der Waals surface area contributed by atoms with Crippen LogP contribution >= 0.6 is 0 Å². The third-order valence-electron chi connectivity index (χ3n) is 3.81. The number of rotatable bonds is 2. The predicted molar refractivity (Wildman–Crippen MR) is 54.1 cm³/mol. The van der Waals surface area contributed by atoms with Gasteiger partial charge in [-0.1, -0.05) is 13.8 Å². The molecule has 3 nitrogen and oxygen atoms in total. The van der Waals surface area contributed by atoms with Crippen molar-refractivity contribution in [3.8, 4) is 0 Å². The first-order valence-electron chi connectivity index (χ1n) is 5.58.